The van der Waals surface area contributed by atoms with Gasteiger partial charge in [-0.05, 0) is 11.8 Å². The van der Waals surface area contributed by atoms with E-state index in [0.29, 0.717) is 12.0 Å². The number of benzene rings is 1. The Morgan fingerprint density at radius 2 is 2.05 bits per heavy atom. The molecule has 3 aromatic rings. The van der Waals surface area contributed by atoms with E-state index in [1.165, 1.54) is 6.33 Å². The van der Waals surface area contributed by atoms with Crippen LogP contribution < -0.4 is 5.56 Å². The van der Waals surface area contributed by atoms with Crippen LogP contribution in [0.4, 0.5) is 0 Å². The highest BCUT2D eigenvalue weighted by molar-refractivity contribution is 5.95. The third-order valence-electron chi connectivity index (χ3n) is 3.23. The van der Waals surface area contributed by atoms with E-state index in [-0.39, 0.29) is 5.56 Å². The lowest BCUT2D eigenvalue weighted by molar-refractivity contribution is 1.01. The summed E-state index contributed by atoms with van der Waals surface area (Å²) in [5.74, 6) is 0. The van der Waals surface area contributed by atoms with Crippen molar-refractivity contribution < 1.29 is 0 Å². The Morgan fingerprint density at radius 3 is 2.89 bits per heavy atom. The van der Waals surface area contributed by atoms with Crippen molar-refractivity contribution in [1.82, 2.24) is 15.0 Å². The van der Waals surface area contributed by atoms with E-state index in [2.05, 4.69) is 15.0 Å². The standard InChI is InChI=1S/C15H13N3O/c1-2-11-14(17-9-18-15(11)19)13-8-16-7-10-5-3-4-6-12(10)13/h3-9H,2H2,1H3,(H,17,18,19). The number of aromatic amines is 1. The Hall–Kier alpha value is -2.49. The molecule has 0 aliphatic heterocycles. The lowest BCUT2D eigenvalue weighted by atomic mass is 10.0. The first-order valence-corrected chi connectivity index (χ1v) is 6.21. The highest BCUT2D eigenvalue weighted by Gasteiger charge is 2.12. The molecule has 3 rings (SSSR count). The average molecular weight is 251 g/mol. The zero-order valence-corrected chi connectivity index (χ0v) is 10.6. The molecule has 0 atom stereocenters. The fourth-order valence-corrected chi connectivity index (χ4v) is 2.29. The van der Waals surface area contributed by atoms with Gasteiger partial charge < -0.3 is 4.98 Å². The van der Waals surface area contributed by atoms with Gasteiger partial charge in [-0.2, -0.15) is 0 Å². The van der Waals surface area contributed by atoms with Gasteiger partial charge in [-0.1, -0.05) is 31.2 Å². The summed E-state index contributed by atoms with van der Waals surface area (Å²) in [6, 6.07) is 7.98. The molecular formula is C15H13N3O. The molecule has 0 saturated heterocycles. The van der Waals surface area contributed by atoms with Crippen LogP contribution in [-0.4, -0.2) is 15.0 Å². The molecule has 2 aromatic heterocycles. The molecular weight excluding hydrogens is 238 g/mol. The molecule has 2 heterocycles. The van der Waals surface area contributed by atoms with Crippen LogP contribution in [-0.2, 0) is 6.42 Å². The Bertz CT molecular complexity index is 787. The van der Waals surface area contributed by atoms with Crippen LogP contribution in [0.5, 0.6) is 0 Å². The van der Waals surface area contributed by atoms with E-state index in [9.17, 15) is 4.79 Å². The van der Waals surface area contributed by atoms with Crippen molar-refractivity contribution in [2.24, 2.45) is 0 Å². The summed E-state index contributed by atoms with van der Waals surface area (Å²) in [6.45, 7) is 1.95. The highest BCUT2D eigenvalue weighted by Crippen LogP contribution is 2.27. The quantitative estimate of drug-likeness (QED) is 0.761. The van der Waals surface area contributed by atoms with E-state index < -0.39 is 0 Å². The number of nitrogens with zero attached hydrogens (tertiary/aromatic N) is 2. The first-order valence-electron chi connectivity index (χ1n) is 6.21. The normalized spacial score (nSPS) is 10.8. The lowest BCUT2D eigenvalue weighted by Crippen LogP contribution is -2.14. The van der Waals surface area contributed by atoms with Crippen molar-refractivity contribution in [3.8, 4) is 11.3 Å². The van der Waals surface area contributed by atoms with Gasteiger partial charge in [0.15, 0.2) is 0 Å². The third kappa shape index (κ3) is 1.91. The van der Waals surface area contributed by atoms with E-state index in [1.807, 2.05) is 37.4 Å². The zero-order valence-electron chi connectivity index (χ0n) is 10.6. The highest BCUT2D eigenvalue weighted by atomic mass is 16.1. The van der Waals surface area contributed by atoms with Crippen LogP contribution in [0.3, 0.4) is 0 Å². The van der Waals surface area contributed by atoms with Crippen molar-refractivity contribution >= 4 is 10.8 Å². The first-order chi connectivity index (χ1) is 9.31. The van der Waals surface area contributed by atoms with Gasteiger partial charge in [-0.25, -0.2) is 4.98 Å². The second kappa shape index (κ2) is 4.65. The molecule has 0 fully saturated rings. The Kier molecular flexibility index (Phi) is 2.83. The molecule has 0 saturated carbocycles. The Morgan fingerprint density at radius 1 is 1.21 bits per heavy atom. The molecule has 94 valence electrons. The van der Waals surface area contributed by atoms with E-state index >= 15 is 0 Å². The van der Waals surface area contributed by atoms with Crippen molar-refractivity contribution in [3.63, 3.8) is 0 Å². The largest absolute Gasteiger partial charge is 0.313 e. The number of rotatable bonds is 2. The van der Waals surface area contributed by atoms with Crippen molar-refractivity contribution in [2.75, 3.05) is 0 Å². The number of aromatic nitrogens is 3. The Balaban J connectivity index is 2.37. The monoisotopic (exact) mass is 251 g/mol. The number of pyridine rings is 1. The second-order valence-electron chi connectivity index (χ2n) is 4.32. The molecule has 0 spiro atoms. The van der Waals surface area contributed by atoms with E-state index in [0.717, 1.165) is 22.0 Å². The fraction of sp³-hybridized carbons (Fsp3) is 0.133. The lowest BCUT2D eigenvalue weighted by Gasteiger charge is -2.08. The molecule has 0 amide bonds. The topological polar surface area (TPSA) is 58.6 Å². The molecule has 4 nitrogen and oxygen atoms in total. The number of nitrogens with one attached hydrogen (secondary N) is 1. The van der Waals surface area contributed by atoms with Crippen LogP contribution >= 0.6 is 0 Å². The van der Waals surface area contributed by atoms with Crippen LogP contribution in [0.15, 0.2) is 47.8 Å². The van der Waals surface area contributed by atoms with Gasteiger partial charge in [0.25, 0.3) is 5.56 Å². The van der Waals surface area contributed by atoms with E-state index in [1.54, 1.807) is 6.20 Å². The predicted molar refractivity (Wildman–Crippen MR) is 75.0 cm³/mol. The van der Waals surface area contributed by atoms with Gasteiger partial charge in [0.05, 0.1) is 12.0 Å². The fourth-order valence-electron chi connectivity index (χ4n) is 2.29. The van der Waals surface area contributed by atoms with Gasteiger partial charge in [-0.3, -0.25) is 9.78 Å². The maximum absolute atomic E-state index is 11.9. The smallest absolute Gasteiger partial charge is 0.254 e. The molecule has 0 radical (unpaired) electrons. The van der Waals surface area contributed by atoms with Crippen LogP contribution in [0, 0.1) is 0 Å². The molecule has 1 aromatic carbocycles. The number of hydrogen-bond acceptors (Lipinski definition) is 3. The summed E-state index contributed by atoms with van der Waals surface area (Å²) >= 11 is 0. The minimum Gasteiger partial charge on any atom is -0.313 e. The van der Waals surface area contributed by atoms with Gasteiger partial charge >= 0.3 is 0 Å². The number of H-pyrrole nitrogens is 1. The minimum absolute atomic E-state index is 0.0829. The van der Waals surface area contributed by atoms with Gasteiger partial charge in [-0.15, -0.1) is 0 Å². The van der Waals surface area contributed by atoms with Crippen molar-refractivity contribution in [3.05, 3.63) is 58.9 Å². The Labute approximate surface area is 110 Å². The van der Waals surface area contributed by atoms with E-state index in [4.69, 9.17) is 0 Å². The predicted octanol–water partition coefficient (Wildman–Crippen LogP) is 2.55. The minimum atomic E-state index is -0.0829. The summed E-state index contributed by atoms with van der Waals surface area (Å²) < 4.78 is 0. The number of hydrogen-bond donors (Lipinski definition) is 1. The molecule has 0 unspecified atom stereocenters. The summed E-state index contributed by atoms with van der Waals surface area (Å²) in [6.07, 6.45) is 5.67. The summed E-state index contributed by atoms with van der Waals surface area (Å²) in [4.78, 5) is 23.1. The number of fused-ring (bicyclic) bond motifs is 1. The maximum atomic E-state index is 11.9. The molecule has 4 heteroatoms. The summed E-state index contributed by atoms with van der Waals surface area (Å²) in [7, 11) is 0. The molecule has 0 aliphatic rings. The first kappa shape index (κ1) is 11.6. The van der Waals surface area contributed by atoms with Crippen LogP contribution in [0.1, 0.15) is 12.5 Å². The molecule has 0 bridgehead atoms. The average Bonchev–Trinajstić information content (AvgIpc) is 2.46. The molecule has 0 aliphatic carbocycles. The van der Waals surface area contributed by atoms with Gasteiger partial charge in [0.1, 0.15) is 0 Å². The zero-order chi connectivity index (χ0) is 13.2. The summed E-state index contributed by atoms with van der Waals surface area (Å²) in [5.41, 5.74) is 2.23. The molecule has 19 heavy (non-hydrogen) atoms. The molecule has 1 N–H and O–H groups in total. The van der Waals surface area contributed by atoms with Crippen molar-refractivity contribution in [1.29, 1.82) is 0 Å². The van der Waals surface area contributed by atoms with Crippen LogP contribution in [0.25, 0.3) is 22.0 Å². The van der Waals surface area contributed by atoms with Crippen molar-refractivity contribution in [2.45, 2.75) is 13.3 Å². The summed E-state index contributed by atoms with van der Waals surface area (Å²) in [5, 5.41) is 2.11. The maximum Gasteiger partial charge on any atom is 0.254 e. The van der Waals surface area contributed by atoms with Gasteiger partial charge in [0, 0.05) is 28.9 Å². The SMILES string of the molecule is CCc1c(-c2cncc3ccccc23)nc[nH]c1=O. The second-order valence-corrected chi connectivity index (χ2v) is 4.32. The third-order valence-corrected chi connectivity index (χ3v) is 3.23. The van der Waals surface area contributed by atoms with Gasteiger partial charge in [0.2, 0.25) is 0 Å². The van der Waals surface area contributed by atoms with Crippen LogP contribution in [0.2, 0.25) is 0 Å².